The summed E-state index contributed by atoms with van der Waals surface area (Å²) in [6, 6.07) is 13.4. The van der Waals surface area contributed by atoms with Crippen molar-refractivity contribution in [1.82, 2.24) is 5.32 Å². The van der Waals surface area contributed by atoms with Crippen molar-refractivity contribution in [1.29, 1.82) is 0 Å². The Morgan fingerprint density at radius 3 is 2.72 bits per heavy atom. The lowest BCUT2D eigenvalue weighted by molar-refractivity contribution is 0.101. The van der Waals surface area contributed by atoms with E-state index < -0.39 is 6.10 Å². The van der Waals surface area contributed by atoms with Crippen LogP contribution in [0, 0.1) is 0 Å². The van der Waals surface area contributed by atoms with Crippen molar-refractivity contribution in [3.8, 4) is 11.5 Å². The van der Waals surface area contributed by atoms with Crippen LogP contribution in [0.3, 0.4) is 0 Å². The van der Waals surface area contributed by atoms with E-state index in [9.17, 15) is 5.11 Å². The molecule has 0 bridgehead atoms. The van der Waals surface area contributed by atoms with E-state index in [-0.39, 0.29) is 12.6 Å². The average molecular weight is 382 g/mol. The summed E-state index contributed by atoms with van der Waals surface area (Å²) in [7, 11) is 0. The van der Waals surface area contributed by atoms with Crippen LogP contribution in [-0.4, -0.2) is 37.0 Å². The fourth-order valence-corrected chi connectivity index (χ4v) is 3.28. The lowest BCUT2D eigenvalue weighted by atomic mass is 10.1. The lowest BCUT2D eigenvalue weighted by Crippen LogP contribution is -2.40. The molecule has 1 aliphatic heterocycles. The summed E-state index contributed by atoms with van der Waals surface area (Å²) in [5, 5.41) is 14.4. The third kappa shape index (κ3) is 5.02. The topological polar surface area (TPSA) is 50.7 Å². The number of benzene rings is 2. The van der Waals surface area contributed by atoms with E-state index in [4.69, 9.17) is 32.7 Å². The predicted octanol–water partition coefficient (Wildman–Crippen LogP) is 3.72. The van der Waals surface area contributed by atoms with E-state index in [1.165, 1.54) is 5.56 Å². The maximum atomic E-state index is 10.2. The van der Waals surface area contributed by atoms with Gasteiger partial charge in [0.15, 0.2) is 5.75 Å². The second-order valence-corrected chi connectivity index (χ2v) is 6.89. The molecule has 2 aromatic carbocycles. The Labute approximate surface area is 157 Å². The Morgan fingerprint density at radius 1 is 1.16 bits per heavy atom. The van der Waals surface area contributed by atoms with E-state index in [0.29, 0.717) is 28.9 Å². The average Bonchev–Trinajstić information content (AvgIpc) is 2.82. The van der Waals surface area contributed by atoms with Crippen molar-refractivity contribution in [3.05, 3.63) is 58.1 Å². The highest BCUT2D eigenvalue weighted by Gasteiger charge is 2.18. The fraction of sp³-hybridized carbons (Fsp3) is 0.368. The number of aliphatic hydroxyl groups excluding tert-OH is 1. The fourth-order valence-electron chi connectivity index (χ4n) is 2.78. The number of ether oxygens (including phenoxy) is 2. The summed E-state index contributed by atoms with van der Waals surface area (Å²) in [5.41, 5.74) is 1.23. The van der Waals surface area contributed by atoms with E-state index in [2.05, 4.69) is 11.4 Å². The molecule has 2 unspecified atom stereocenters. The third-order valence-corrected chi connectivity index (χ3v) is 4.75. The number of aryl methyl sites for hydroxylation is 1. The molecule has 0 saturated carbocycles. The smallest absolute Gasteiger partial charge is 0.156 e. The van der Waals surface area contributed by atoms with E-state index >= 15 is 0 Å². The predicted molar refractivity (Wildman–Crippen MR) is 100 cm³/mol. The van der Waals surface area contributed by atoms with Crippen LogP contribution >= 0.6 is 23.2 Å². The van der Waals surface area contributed by atoms with Gasteiger partial charge in [-0.1, -0.05) is 47.5 Å². The summed E-state index contributed by atoms with van der Waals surface area (Å²) < 4.78 is 11.4. The van der Waals surface area contributed by atoms with Crippen molar-refractivity contribution >= 4 is 23.2 Å². The number of hydrogen-bond donors (Lipinski definition) is 2. The number of fused-ring (bicyclic) bond motifs is 1. The Morgan fingerprint density at radius 2 is 1.92 bits per heavy atom. The normalized spacial score (nSPS) is 18.0. The number of aliphatic hydroxyl groups is 1. The molecule has 6 heteroatoms. The van der Waals surface area contributed by atoms with Crippen molar-refractivity contribution in [2.45, 2.75) is 25.0 Å². The monoisotopic (exact) mass is 381 g/mol. The number of nitrogens with one attached hydrogen (secondary N) is 1. The lowest BCUT2D eigenvalue weighted by Gasteiger charge is -2.19. The standard InChI is InChI=1S/C19H21Cl2NO3/c20-16-5-3-6-17(21)19(16)25-12-15(23)10-22-14-9-8-13-4-1-2-7-18(13)24-11-14/h1-7,14-15,22-23H,8-12H2. The number of rotatable bonds is 6. The van der Waals surface area contributed by atoms with Gasteiger partial charge in [0, 0.05) is 12.6 Å². The highest BCUT2D eigenvalue weighted by Crippen LogP contribution is 2.32. The van der Waals surface area contributed by atoms with Gasteiger partial charge < -0.3 is 19.9 Å². The summed E-state index contributed by atoms with van der Waals surface area (Å²) in [6.45, 7) is 1.11. The van der Waals surface area contributed by atoms with Gasteiger partial charge in [0.2, 0.25) is 0 Å². The van der Waals surface area contributed by atoms with Gasteiger partial charge in [-0.3, -0.25) is 0 Å². The van der Waals surface area contributed by atoms with Gasteiger partial charge in [-0.25, -0.2) is 0 Å². The summed E-state index contributed by atoms with van der Waals surface area (Å²) in [5.74, 6) is 1.35. The van der Waals surface area contributed by atoms with Crippen LogP contribution < -0.4 is 14.8 Å². The highest BCUT2D eigenvalue weighted by atomic mass is 35.5. The van der Waals surface area contributed by atoms with Gasteiger partial charge in [0.05, 0.1) is 10.0 Å². The molecule has 4 nitrogen and oxygen atoms in total. The minimum atomic E-state index is -0.669. The molecule has 1 aliphatic rings. The first-order valence-electron chi connectivity index (χ1n) is 8.32. The Bertz CT molecular complexity index is 664. The van der Waals surface area contributed by atoms with Crippen LogP contribution in [0.4, 0.5) is 0 Å². The largest absolute Gasteiger partial charge is 0.492 e. The molecule has 3 rings (SSSR count). The zero-order valence-electron chi connectivity index (χ0n) is 13.8. The molecule has 2 N–H and O–H groups in total. The Hall–Kier alpha value is -1.46. The van der Waals surface area contributed by atoms with Gasteiger partial charge in [0.1, 0.15) is 25.1 Å². The van der Waals surface area contributed by atoms with Crippen LogP contribution in [0.2, 0.25) is 10.0 Å². The maximum absolute atomic E-state index is 10.2. The molecular weight excluding hydrogens is 361 g/mol. The van der Waals surface area contributed by atoms with Crippen molar-refractivity contribution in [2.24, 2.45) is 0 Å². The molecular formula is C19H21Cl2NO3. The molecule has 0 aliphatic carbocycles. The molecule has 0 spiro atoms. The van der Waals surface area contributed by atoms with Crippen LogP contribution in [0.25, 0.3) is 0 Å². The molecule has 0 fully saturated rings. The SMILES string of the molecule is OC(CNC1CCc2ccccc2OC1)COc1c(Cl)cccc1Cl. The van der Waals surface area contributed by atoms with Gasteiger partial charge in [-0.05, 0) is 36.6 Å². The van der Waals surface area contributed by atoms with E-state index in [0.717, 1.165) is 18.6 Å². The Balaban J connectivity index is 1.44. The number of para-hydroxylation sites is 2. The van der Waals surface area contributed by atoms with Crippen molar-refractivity contribution in [2.75, 3.05) is 19.8 Å². The van der Waals surface area contributed by atoms with Gasteiger partial charge in [-0.2, -0.15) is 0 Å². The van der Waals surface area contributed by atoms with E-state index in [1.807, 2.05) is 18.2 Å². The first-order chi connectivity index (χ1) is 12.1. The quantitative estimate of drug-likeness (QED) is 0.800. The zero-order chi connectivity index (χ0) is 17.6. The summed E-state index contributed by atoms with van der Waals surface area (Å²) in [4.78, 5) is 0. The maximum Gasteiger partial charge on any atom is 0.156 e. The highest BCUT2D eigenvalue weighted by molar-refractivity contribution is 6.37. The first-order valence-corrected chi connectivity index (χ1v) is 9.08. The molecule has 1 heterocycles. The van der Waals surface area contributed by atoms with Gasteiger partial charge in [0.25, 0.3) is 0 Å². The van der Waals surface area contributed by atoms with Gasteiger partial charge >= 0.3 is 0 Å². The molecule has 0 amide bonds. The summed E-state index contributed by atoms with van der Waals surface area (Å²) >= 11 is 12.1. The number of halogens is 2. The second-order valence-electron chi connectivity index (χ2n) is 6.08. The van der Waals surface area contributed by atoms with Crippen LogP contribution in [0.15, 0.2) is 42.5 Å². The minimum absolute atomic E-state index is 0.115. The van der Waals surface area contributed by atoms with Crippen LogP contribution in [0.5, 0.6) is 11.5 Å². The minimum Gasteiger partial charge on any atom is -0.492 e. The summed E-state index contributed by atoms with van der Waals surface area (Å²) in [6.07, 6.45) is 1.24. The zero-order valence-corrected chi connectivity index (χ0v) is 15.3. The third-order valence-electron chi connectivity index (χ3n) is 4.16. The van der Waals surface area contributed by atoms with Crippen LogP contribution in [0.1, 0.15) is 12.0 Å². The Kier molecular flexibility index (Phi) is 6.43. The van der Waals surface area contributed by atoms with Crippen LogP contribution in [-0.2, 0) is 6.42 Å². The number of hydrogen-bond acceptors (Lipinski definition) is 4. The molecule has 0 aromatic heterocycles. The first kappa shape index (κ1) is 18.3. The molecule has 2 aromatic rings. The second kappa shape index (κ2) is 8.77. The van der Waals surface area contributed by atoms with E-state index in [1.54, 1.807) is 18.2 Å². The molecule has 25 heavy (non-hydrogen) atoms. The van der Waals surface area contributed by atoms with Crippen molar-refractivity contribution < 1.29 is 14.6 Å². The van der Waals surface area contributed by atoms with Crippen molar-refractivity contribution in [3.63, 3.8) is 0 Å². The molecule has 2 atom stereocenters. The molecule has 134 valence electrons. The molecule has 0 radical (unpaired) electrons. The van der Waals surface area contributed by atoms with Gasteiger partial charge in [-0.15, -0.1) is 0 Å². The molecule has 0 saturated heterocycles.